The van der Waals surface area contributed by atoms with E-state index in [4.69, 9.17) is 9.57 Å². The average molecular weight is 440 g/mol. The summed E-state index contributed by atoms with van der Waals surface area (Å²) in [5.41, 5.74) is 0.955. The molecule has 2 aromatic rings. The number of ether oxygens (including phenoxy) is 1. The van der Waals surface area contributed by atoms with Crippen molar-refractivity contribution in [2.75, 3.05) is 37.5 Å². The summed E-state index contributed by atoms with van der Waals surface area (Å²) in [7, 11) is 3.81. The van der Waals surface area contributed by atoms with Crippen molar-refractivity contribution in [1.29, 1.82) is 0 Å². The van der Waals surface area contributed by atoms with E-state index < -0.39 is 23.4 Å². The number of carbonyl (C=O) groups is 2. The molecule has 1 saturated heterocycles. The van der Waals surface area contributed by atoms with Gasteiger partial charge in [-0.1, -0.05) is 17.3 Å². The molecule has 0 aliphatic carbocycles. The van der Waals surface area contributed by atoms with Crippen LogP contribution in [0.4, 0.5) is 15.8 Å². The summed E-state index contributed by atoms with van der Waals surface area (Å²) < 4.78 is 19.0. The van der Waals surface area contributed by atoms with E-state index in [2.05, 4.69) is 15.8 Å². The second-order valence-electron chi connectivity index (χ2n) is 8.15. The summed E-state index contributed by atoms with van der Waals surface area (Å²) >= 11 is 0. The zero-order valence-electron chi connectivity index (χ0n) is 17.9. The molecule has 0 aromatic heterocycles. The van der Waals surface area contributed by atoms with E-state index in [9.17, 15) is 14.0 Å². The molecule has 9 heteroatoms. The summed E-state index contributed by atoms with van der Waals surface area (Å²) in [6.45, 7) is 0.647. The quantitative estimate of drug-likeness (QED) is 0.746. The predicted octanol–water partition coefficient (Wildman–Crippen LogP) is 2.56. The molecule has 2 N–H and O–H groups in total. The Morgan fingerprint density at radius 3 is 2.75 bits per heavy atom. The van der Waals surface area contributed by atoms with Crippen LogP contribution in [0.5, 0.6) is 0 Å². The van der Waals surface area contributed by atoms with E-state index in [0.29, 0.717) is 24.3 Å². The number of anilines is 2. The molecule has 32 heavy (non-hydrogen) atoms. The molecule has 0 unspecified atom stereocenters. The topological polar surface area (TPSA) is 92.3 Å². The van der Waals surface area contributed by atoms with Crippen LogP contribution < -0.4 is 15.5 Å². The molecule has 2 heterocycles. The number of rotatable bonds is 5. The van der Waals surface area contributed by atoms with Crippen LogP contribution >= 0.6 is 0 Å². The maximum absolute atomic E-state index is 13.4. The Morgan fingerprint density at radius 2 is 1.97 bits per heavy atom. The highest BCUT2D eigenvalue weighted by atomic mass is 19.1. The van der Waals surface area contributed by atoms with E-state index in [1.165, 1.54) is 18.2 Å². The zero-order valence-corrected chi connectivity index (χ0v) is 17.9. The van der Waals surface area contributed by atoms with Crippen LogP contribution in [0.15, 0.2) is 53.7 Å². The van der Waals surface area contributed by atoms with E-state index >= 15 is 0 Å². The molecule has 168 valence electrons. The van der Waals surface area contributed by atoms with Gasteiger partial charge < -0.3 is 25.1 Å². The molecular formula is C23H25FN4O4. The fourth-order valence-electron chi connectivity index (χ4n) is 3.83. The van der Waals surface area contributed by atoms with Crippen LogP contribution in [0.1, 0.15) is 23.2 Å². The lowest BCUT2D eigenvalue weighted by molar-refractivity contribution is -0.128. The fraction of sp³-hybridized carbons (Fsp3) is 0.348. The second kappa shape index (κ2) is 8.96. The molecule has 2 atom stereocenters. The number of hydrogen-bond acceptors (Lipinski definition) is 6. The van der Waals surface area contributed by atoms with Crippen molar-refractivity contribution in [2.45, 2.75) is 24.5 Å². The number of nitrogens with zero attached hydrogens (tertiary/aromatic N) is 2. The van der Waals surface area contributed by atoms with E-state index in [0.717, 1.165) is 5.69 Å². The number of oxime groups is 1. The zero-order chi connectivity index (χ0) is 22.7. The van der Waals surface area contributed by atoms with Crippen LogP contribution in [0.3, 0.4) is 0 Å². The summed E-state index contributed by atoms with van der Waals surface area (Å²) in [6, 6.07) is 12.5. The van der Waals surface area contributed by atoms with Gasteiger partial charge in [-0.3, -0.25) is 9.59 Å². The molecule has 1 fully saturated rings. The molecule has 0 radical (unpaired) electrons. The lowest BCUT2D eigenvalue weighted by Gasteiger charge is -2.38. The SMILES string of the molecule is CN(C)c1cccc(C(=O)N[C@H]2CCOC[C@]23CC(C(=O)Nc2cccc(F)c2)=NO3)c1. The standard InChI is InChI=1S/C23H25FN4O4/c1-28(2)18-8-3-5-15(11-18)21(29)26-20-9-10-31-14-23(20)13-19(27-32-23)22(30)25-17-7-4-6-16(24)12-17/h3-8,11-12,20H,9-10,13-14H2,1-2H3,(H,25,30)(H,26,29)/t20-,23+/m0/s1. The van der Waals surface area contributed by atoms with Crippen LogP contribution in [-0.2, 0) is 14.4 Å². The molecule has 2 aliphatic heterocycles. The van der Waals surface area contributed by atoms with E-state index in [1.54, 1.807) is 12.1 Å². The highest BCUT2D eigenvalue weighted by Crippen LogP contribution is 2.33. The molecule has 1 spiro atoms. The van der Waals surface area contributed by atoms with Crippen LogP contribution in [0, 0.1) is 5.82 Å². The van der Waals surface area contributed by atoms with E-state index in [-0.39, 0.29) is 24.6 Å². The van der Waals surface area contributed by atoms with Crippen molar-refractivity contribution in [3.05, 3.63) is 59.9 Å². The Kier molecular flexibility index (Phi) is 6.09. The van der Waals surface area contributed by atoms with Gasteiger partial charge in [-0.25, -0.2) is 4.39 Å². The molecule has 2 aromatic carbocycles. The number of halogens is 1. The van der Waals surface area contributed by atoms with E-state index in [1.807, 2.05) is 37.2 Å². The first kappa shape index (κ1) is 21.8. The predicted molar refractivity (Wildman–Crippen MR) is 118 cm³/mol. The number of benzene rings is 2. The van der Waals surface area contributed by atoms with Gasteiger partial charge in [0.15, 0.2) is 5.60 Å². The first-order chi connectivity index (χ1) is 15.4. The minimum atomic E-state index is -0.971. The number of amides is 2. The van der Waals surface area contributed by atoms with Crippen LogP contribution in [0.2, 0.25) is 0 Å². The maximum atomic E-state index is 13.4. The van der Waals surface area contributed by atoms with Gasteiger partial charge >= 0.3 is 0 Å². The van der Waals surface area contributed by atoms with Crippen molar-refractivity contribution in [3.8, 4) is 0 Å². The first-order valence-corrected chi connectivity index (χ1v) is 10.3. The molecule has 4 rings (SSSR count). The highest BCUT2D eigenvalue weighted by Gasteiger charge is 2.50. The minimum absolute atomic E-state index is 0.161. The van der Waals surface area contributed by atoms with Crippen molar-refractivity contribution < 1.29 is 23.6 Å². The van der Waals surface area contributed by atoms with Gasteiger partial charge in [-0.05, 0) is 42.8 Å². The van der Waals surface area contributed by atoms with Gasteiger partial charge in [0.05, 0.1) is 12.6 Å². The monoisotopic (exact) mass is 440 g/mol. The van der Waals surface area contributed by atoms with Crippen molar-refractivity contribution in [2.24, 2.45) is 5.16 Å². The molecular weight excluding hydrogens is 415 g/mol. The lowest BCUT2D eigenvalue weighted by Crippen LogP contribution is -2.58. The first-order valence-electron chi connectivity index (χ1n) is 10.3. The summed E-state index contributed by atoms with van der Waals surface area (Å²) in [5, 5.41) is 9.63. The molecule has 0 bridgehead atoms. The molecule has 2 aliphatic rings. The van der Waals surface area contributed by atoms with Crippen molar-refractivity contribution in [1.82, 2.24) is 5.32 Å². The Hall–Kier alpha value is -3.46. The normalized spacial score (nSPS) is 22.1. The Labute approximate surface area is 185 Å². The average Bonchev–Trinajstić information content (AvgIpc) is 3.20. The fourth-order valence-corrected chi connectivity index (χ4v) is 3.83. The van der Waals surface area contributed by atoms with Crippen LogP contribution in [-0.4, -0.2) is 56.5 Å². The molecule has 8 nitrogen and oxygen atoms in total. The van der Waals surface area contributed by atoms with Crippen molar-refractivity contribution >= 4 is 28.9 Å². The Bertz CT molecular complexity index is 1060. The van der Waals surface area contributed by atoms with Crippen molar-refractivity contribution in [3.63, 3.8) is 0 Å². The maximum Gasteiger partial charge on any atom is 0.273 e. The largest absolute Gasteiger partial charge is 0.384 e. The Morgan fingerprint density at radius 1 is 1.16 bits per heavy atom. The molecule has 2 amide bonds. The Balaban J connectivity index is 1.45. The highest BCUT2D eigenvalue weighted by molar-refractivity contribution is 6.43. The third-order valence-electron chi connectivity index (χ3n) is 5.61. The van der Waals surface area contributed by atoms with Gasteiger partial charge in [0.2, 0.25) is 0 Å². The molecule has 0 saturated carbocycles. The number of carbonyl (C=O) groups excluding carboxylic acids is 2. The van der Waals surface area contributed by atoms with Gasteiger partial charge in [-0.15, -0.1) is 0 Å². The third-order valence-corrected chi connectivity index (χ3v) is 5.61. The second-order valence-corrected chi connectivity index (χ2v) is 8.15. The van der Waals surface area contributed by atoms with Gasteiger partial charge in [-0.2, -0.15) is 0 Å². The number of nitrogens with one attached hydrogen (secondary N) is 2. The number of hydrogen-bond donors (Lipinski definition) is 2. The minimum Gasteiger partial charge on any atom is -0.384 e. The third kappa shape index (κ3) is 4.57. The summed E-state index contributed by atoms with van der Waals surface area (Å²) in [4.78, 5) is 33.2. The summed E-state index contributed by atoms with van der Waals surface area (Å²) in [6.07, 6.45) is 0.685. The summed E-state index contributed by atoms with van der Waals surface area (Å²) in [5.74, 6) is -1.17. The smallest absolute Gasteiger partial charge is 0.273 e. The van der Waals surface area contributed by atoms with Crippen LogP contribution in [0.25, 0.3) is 0 Å². The van der Waals surface area contributed by atoms with Gasteiger partial charge in [0.25, 0.3) is 11.8 Å². The van der Waals surface area contributed by atoms with Gasteiger partial charge in [0, 0.05) is 44.1 Å². The lowest BCUT2D eigenvalue weighted by atomic mass is 9.85. The van der Waals surface area contributed by atoms with Gasteiger partial charge in [0.1, 0.15) is 11.5 Å².